The summed E-state index contributed by atoms with van der Waals surface area (Å²) in [4.78, 5) is 11.6. The van der Waals surface area contributed by atoms with Gasteiger partial charge in [0.15, 0.2) is 18.2 Å². The van der Waals surface area contributed by atoms with E-state index in [-0.39, 0.29) is 4.47 Å². The van der Waals surface area contributed by atoms with Gasteiger partial charge in [0.2, 0.25) is 0 Å². The highest BCUT2D eigenvalue weighted by atomic mass is 79.9. The number of rotatable bonds is 4. The Morgan fingerprint density at radius 2 is 1.90 bits per heavy atom. The lowest BCUT2D eigenvalue weighted by molar-refractivity contribution is -0.118. The van der Waals surface area contributed by atoms with Gasteiger partial charge in [-0.25, -0.2) is 8.78 Å². The second-order valence-corrected chi connectivity index (χ2v) is 5.39. The zero-order valence-electron chi connectivity index (χ0n) is 10.5. The fourth-order valence-electron chi connectivity index (χ4n) is 1.54. The molecule has 21 heavy (non-hydrogen) atoms. The Kier molecular flexibility index (Phi) is 5.14. The number of carbonyl (C=O) groups is 1. The predicted octanol–water partition coefficient (Wildman–Crippen LogP) is 4.40. The van der Waals surface area contributed by atoms with E-state index in [0.29, 0.717) is 10.8 Å². The Morgan fingerprint density at radius 3 is 2.52 bits per heavy atom. The third-order valence-corrected chi connectivity index (χ3v) is 3.13. The van der Waals surface area contributed by atoms with Gasteiger partial charge in [-0.15, -0.1) is 0 Å². The molecule has 0 fully saturated rings. The van der Waals surface area contributed by atoms with Crippen molar-refractivity contribution in [1.29, 1.82) is 0 Å². The van der Waals surface area contributed by atoms with Crippen LogP contribution in [0.15, 0.2) is 40.9 Å². The monoisotopic (exact) mass is 375 g/mol. The van der Waals surface area contributed by atoms with Crippen LogP contribution in [0.1, 0.15) is 0 Å². The third-order valence-electron chi connectivity index (χ3n) is 2.44. The number of nitrogens with one attached hydrogen (secondary N) is 1. The maximum Gasteiger partial charge on any atom is 0.262 e. The Hall–Kier alpha value is -1.66. The molecular formula is C14H9BrClF2NO2. The number of hydrogen-bond donors (Lipinski definition) is 1. The van der Waals surface area contributed by atoms with Crippen molar-refractivity contribution >= 4 is 39.1 Å². The smallest absolute Gasteiger partial charge is 0.262 e. The van der Waals surface area contributed by atoms with Crippen LogP contribution < -0.4 is 10.1 Å². The number of anilines is 1. The second kappa shape index (κ2) is 6.87. The van der Waals surface area contributed by atoms with E-state index >= 15 is 0 Å². The summed E-state index contributed by atoms with van der Waals surface area (Å²) >= 11 is 8.71. The van der Waals surface area contributed by atoms with E-state index in [1.165, 1.54) is 6.07 Å². The lowest BCUT2D eigenvalue weighted by Gasteiger charge is -2.09. The number of ether oxygens (including phenoxy) is 1. The van der Waals surface area contributed by atoms with Crippen LogP contribution >= 0.6 is 27.5 Å². The van der Waals surface area contributed by atoms with E-state index in [2.05, 4.69) is 21.2 Å². The molecule has 0 radical (unpaired) electrons. The predicted molar refractivity (Wildman–Crippen MR) is 79.6 cm³/mol. The van der Waals surface area contributed by atoms with Gasteiger partial charge in [0.05, 0.1) is 0 Å². The standard InChI is InChI=1S/C14H9BrClF2NO2/c15-8-4-11(17)14(12(18)5-8)19-13(20)7-21-10-3-1-2-9(16)6-10/h1-6H,7H2,(H,19,20). The van der Waals surface area contributed by atoms with Gasteiger partial charge in [0, 0.05) is 9.50 Å². The summed E-state index contributed by atoms with van der Waals surface area (Å²) in [5.74, 6) is -2.06. The van der Waals surface area contributed by atoms with Gasteiger partial charge in [0.1, 0.15) is 11.4 Å². The Balaban J connectivity index is 1.99. The molecule has 0 saturated heterocycles. The van der Waals surface area contributed by atoms with Crippen molar-refractivity contribution in [3.8, 4) is 5.75 Å². The summed E-state index contributed by atoms with van der Waals surface area (Å²) in [6.45, 7) is -0.394. The molecule has 0 saturated carbocycles. The molecular weight excluding hydrogens is 368 g/mol. The van der Waals surface area contributed by atoms with E-state index in [4.69, 9.17) is 16.3 Å². The first-order chi connectivity index (χ1) is 9.95. The first-order valence-corrected chi connectivity index (χ1v) is 6.95. The molecule has 2 aromatic carbocycles. The normalized spacial score (nSPS) is 10.3. The summed E-state index contributed by atoms with van der Waals surface area (Å²) in [5, 5.41) is 2.58. The van der Waals surface area contributed by atoms with Crippen LogP contribution in [0.3, 0.4) is 0 Å². The number of carbonyl (C=O) groups excluding carboxylic acids is 1. The molecule has 0 aromatic heterocycles. The minimum absolute atomic E-state index is 0.241. The van der Waals surface area contributed by atoms with Crippen LogP contribution in [-0.2, 0) is 4.79 Å². The van der Waals surface area contributed by atoms with E-state index in [1.807, 2.05) is 0 Å². The number of amides is 1. The van der Waals surface area contributed by atoms with Crippen LogP contribution in [0.5, 0.6) is 5.75 Å². The van der Waals surface area contributed by atoms with Crippen LogP contribution in [0, 0.1) is 11.6 Å². The van der Waals surface area contributed by atoms with Crippen molar-refractivity contribution in [2.75, 3.05) is 11.9 Å². The lowest BCUT2D eigenvalue weighted by atomic mass is 10.3. The molecule has 2 rings (SSSR count). The highest BCUT2D eigenvalue weighted by Crippen LogP contribution is 2.24. The highest BCUT2D eigenvalue weighted by molar-refractivity contribution is 9.10. The Morgan fingerprint density at radius 1 is 1.24 bits per heavy atom. The molecule has 110 valence electrons. The van der Waals surface area contributed by atoms with E-state index in [0.717, 1.165) is 12.1 Å². The van der Waals surface area contributed by atoms with Gasteiger partial charge >= 0.3 is 0 Å². The van der Waals surface area contributed by atoms with Gasteiger partial charge in [-0.05, 0) is 30.3 Å². The van der Waals surface area contributed by atoms with Crippen molar-refractivity contribution < 1.29 is 18.3 Å². The molecule has 0 unspecified atom stereocenters. The summed E-state index contributed by atoms with van der Waals surface area (Å²) in [5.41, 5.74) is -0.516. The van der Waals surface area contributed by atoms with Crippen LogP contribution in [-0.4, -0.2) is 12.5 Å². The molecule has 3 nitrogen and oxygen atoms in total. The molecule has 0 spiro atoms. The second-order valence-electron chi connectivity index (χ2n) is 4.04. The van der Waals surface area contributed by atoms with Gasteiger partial charge in [0.25, 0.3) is 5.91 Å². The zero-order valence-corrected chi connectivity index (χ0v) is 12.8. The summed E-state index contributed by atoms with van der Waals surface area (Å²) < 4.78 is 32.5. The maximum absolute atomic E-state index is 13.5. The average molecular weight is 377 g/mol. The van der Waals surface area contributed by atoms with Crippen molar-refractivity contribution in [3.05, 3.63) is 57.5 Å². The molecule has 0 aliphatic carbocycles. The molecule has 2 aromatic rings. The first-order valence-electron chi connectivity index (χ1n) is 5.78. The third kappa shape index (κ3) is 4.41. The minimum atomic E-state index is -0.877. The topological polar surface area (TPSA) is 38.3 Å². The Labute approximate surface area is 133 Å². The van der Waals surface area contributed by atoms with Crippen LogP contribution in [0.4, 0.5) is 14.5 Å². The number of hydrogen-bond acceptors (Lipinski definition) is 2. The van der Waals surface area contributed by atoms with E-state index < -0.39 is 29.8 Å². The van der Waals surface area contributed by atoms with Gasteiger partial charge in [-0.1, -0.05) is 33.6 Å². The van der Waals surface area contributed by atoms with E-state index in [1.54, 1.807) is 18.2 Å². The summed E-state index contributed by atoms with van der Waals surface area (Å²) in [6, 6.07) is 8.55. The molecule has 1 amide bonds. The van der Waals surface area contributed by atoms with Gasteiger partial charge in [-0.2, -0.15) is 0 Å². The molecule has 0 bridgehead atoms. The lowest BCUT2D eigenvalue weighted by Crippen LogP contribution is -2.21. The molecule has 0 aliphatic rings. The number of halogens is 4. The fraction of sp³-hybridized carbons (Fsp3) is 0.0714. The molecule has 0 aliphatic heterocycles. The largest absolute Gasteiger partial charge is 0.484 e. The van der Waals surface area contributed by atoms with Gasteiger partial charge < -0.3 is 10.1 Å². The van der Waals surface area contributed by atoms with Crippen molar-refractivity contribution in [2.24, 2.45) is 0 Å². The zero-order chi connectivity index (χ0) is 15.4. The van der Waals surface area contributed by atoms with Crippen molar-refractivity contribution in [3.63, 3.8) is 0 Å². The van der Waals surface area contributed by atoms with Crippen LogP contribution in [0.2, 0.25) is 5.02 Å². The average Bonchev–Trinajstić information content (AvgIpc) is 2.40. The van der Waals surface area contributed by atoms with E-state index in [9.17, 15) is 13.6 Å². The first kappa shape index (κ1) is 15.7. The highest BCUT2D eigenvalue weighted by Gasteiger charge is 2.14. The van der Waals surface area contributed by atoms with Crippen LogP contribution in [0.25, 0.3) is 0 Å². The molecule has 0 atom stereocenters. The number of benzene rings is 2. The molecule has 7 heteroatoms. The molecule has 0 heterocycles. The summed E-state index contributed by atoms with van der Waals surface area (Å²) in [7, 11) is 0. The summed E-state index contributed by atoms with van der Waals surface area (Å²) in [6.07, 6.45) is 0. The van der Waals surface area contributed by atoms with Crippen molar-refractivity contribution in [2.45, 2.75) is 0 Å². The SMILES string of the molecule is O=C(COc1cccc(Cl)c1)Nc1c(F)cc(Br)cc1F. The van der Waals surface area contributed by atoms with Crippen molar-refractivity contribution in [1.82, 2.24) is 0 Å². The minimum Gasteiger partial charge on any atom is -0.484 e. The maximum atomic E-state index is 13.5. The quantitative estimate of drug-likeness (QED) is 0.859. The Bertz CT molecular complexity index is 659. The fourth-order valence-corrected chi connectivity index (χ4v) is 2.13. The molecule has 1 N–H and O–H groups in total. The van der Waals surface area contributed by atoms with Gasteiger partial charge in [-0.3, -0.25) is 4.79 Å².